The smallest absolute Gasteiger partial charge is 0.347 e. The molecule has 98 valence electrons. The standard InChI is InChI=1S/C15H15NO2S/c1-2-11-12(13(17)18)19-14(16-11)15(8-9-15)10-6-4-3-5-7-10/h3-7H,2,8-9H2,1H3,(H,17,18). The first-order valence-corrected chi connectivity index (χ1v) is 7.28. The van der Waals surface area contributed by atoms with E-state index in [9.17, 15) is 9.90 Å². The summed E-state index contributed by atoms with van der Waals surface area (Å²) in [6, 6.07) is 10.3. The summed E-state index contributed by atoms with van der Waals surface area (Å²) in [6.07, 6.45) is 2.79. The first-order valence-electron chi connectivity index (χ1n) is 6.46. The quantitative estimate of drug-likeness (QED) is 0.927. The van der Waals surface area contributed by atoms with Crippen molar-refractivity contribution in [1.82, 2.24) is 4.98 Å². The summed E-state index contributed by atoms with van der Waals surface area (Å²) in [5.41, 5.74) is 1.95. The molecule has 1 aromatic heterocycles. The Kier molecular flexibility index (Phi) is 2.90. The summed E-state index contributed by atoms with van der Waals surface area (Å²) in [6.45, 7) is 1.95. The minimum atomic E-state index is -0.857. The van der Waals surface area contributed by atoms with Crippen molar-refractivity contribution in [2.75, 3.05) is 0 Å². The van der Waals surface area contributed by atoms with Gasteiger partial charge in [-0.2, -0.15) is 0 Å². The molecule has 0 spiro atoms. The lowest BCUT2D eigenvalue weighted by Crippen LogP contribution is -2.07. The second kappa shape index (κ2) is 4.46. The predicted octanol–water partition coefficient (Wildman–Crippen LogP) is 3.48. The van der Waals surface area contributed by atoms with Crippen LogP contribution in [0, 0.1) is 0 Å². The molecular formula is C15H15NO2S. The van der Waals surface area contributed by atoms with Crippen molar-refractivity contribution in [2.24, 2.45) is 0 Å². The molecule has 0 aliphatic heterocycles. The van der Waals surface area contributed by atoms with E-state index in [0.717, 1.165) is 23.5 Å². The zero-order valence-electron chi connectivity index (χ0n) is 10.7. The molecule has 19 heavy (non-hydrogen) atoms. The average Bonchev–Trinajstić information content (AvgIpc) is 3.12. The van der Waals surface area contributed by atoms with Gasteiger partial charge in [-0.05, 0) is 24.8 Å². The van der Waals surface area contributed by atoms with Crippen LogP contribution in [0.15, 0.2) is 30.3 Å². The van der Waals surface area contributed by atoms with Gasteiger partial charge in [-0.3, -0.25) is 0 Å². The molecule has 1 saturated carbocycles. The van der Waals surface area contributed by atoms with Gasteiger partial charge in [0.05, 0.1) is 5.69 Å². The molecule has 1 aliphatic rings. The number of aromatic nitrogens is 1. The summed E-state index contributed by atoms with van der Waals surface area (Å²) in [7, 11) is 0. The Labute approximate surface area is 115 Å². The van der Waals surface area contributed by atoms with E-state index in [1.165, 1.54) is 16.9 Å². The number of carboxylic acids is 1. The second-order valence-corrected chi connectivity index (χ2v) is 5.90. The normalized spacial score (nSPS) is 16.3. The van der Waals surface area contributed by atoms with E-state index in [2.05, 4.69) is 17.1 Å². The maximum absolute atomic E-state index is 11.2. The zero-order chi connectivity index (χ0) is 13.5. The number of aryl methyl sites for hydroxylation is 1. The summed E-state index contributed by atoms with van der Waals surface area (Å²) < 4.78 is 0. The molecule has 0 atom stereocenters. The van der Waals surface area contributed by atoms with Crippen molar-refractivity contribution in [2.45, 2.75) is 31.6 Å². The van der Waals surface area contributed by atoms with Gasteiger partial charge >= 0.3 is 5.97 Å². The number of hydrogen-bond donors (Lipinski definition) is 1. The van der Waals surface area contributed by atoms with Crippen LogP contribution in [0.25, 0.3) is 0 Å². The van der Waals surface area contributed by atoms with Gasteiger partial charge in [-0.15, -0.1) is 11.3 Å². The molecule has 1 heterocycles. The molecule has 0 bridgehead atoms. The Hall–Kier alpha value is -1.68. The van der Waals surface area contributed by atoms with Gasteiger partial charge in [0.2, 0.25) is 0 Å². The largest absolute Gasteiger partial charge is 0.477 e. The molecular weight excluding hydrogens is 258 g/mol. The van der Waals surface area contributed by atoms with Crippen LogP contribution in [0.3, 0.4) is 0 Å². The van der Waals surface area contributed by atoms with Gasteiger partial charge in [0.15, 0.2) is 0 Å². The number of nitrogens with zero attached hydrogens (tertiary/aromatic N) is 1. The van der Waals surface area contributed by atoms with Crippen molar-refractivity contribution in [3.8, 4) is 0 Å². The first-order chi connectivity index (χ1) is 9.17. The number of aromatic carboxylic acids is 1. The third-order valence-corrected chi connectivity index (χ3v) is 5.00. The van der Waals surface area contributed by atoms with E-state index in [4.69, 9.17) is 0 Å². The highest BCUT2D eigenvalue weighted by Gasteiger charge is 2.48. The molecule has 0 radical (unpaired) electrons. The van der Waals surface area contributed by atoms with Crippen LogP contribution in [0.5, 0.6) is 0 Å². The van der Waals surface area contributed by atoms with Crippen LogP contribution in [-0.2, 0) is 11.8 Å². The number of carbonyl (C=O) groups is 1. The number of hydrogen-bond acceptors (Lipinski definition) is 3. The fourth-order valence-corrected chi connectivity index (χ4v) is 3.73. The van der Waals surface area contributed by atoms with Crippen molar-refractivity contribution in [3.05, 3.63) is 51.5 Å². The molecule has 3 nitrogen and oxygen atoms in total. The molecule has 3 rings (SSSR count). The van der Waals surface area contributed by atoms with Crippen LogP contribution >= 0.6 is 11.3 Å². The molecule has 1 aliphatic carbocycles. The first kappa shape index (κ1) is 12.4. The van der Waals surface area contributed by atoms with Crippen molar-refractivity contribution in [1.29, 1.82) is 0 Å². The van der Waals surface area contributed by atoms with Gasteiger partial charge in [-0.1, -0.05) is 37.3 Å². The molecule has 2 aromatic rings. The highest BCUT2D eigenvalue weighted by atomic mass is 32.1. The lowest BCUT2D eigenvalue weighted by molar-refractivity contribution is 0.0701. The van der Waals surface area contributed by atoms with Crippen LogP contribution in [0.4, 0.5) is 0 Å². The van der Waals surface area contributed by atoms with E-state index in [1.807, 2.05) is 25.1 Å². The minimum Gasteiger partial charge on any atom is -0.477 e. The number of rotatable bonds is 4. The van der Waals surface area contributed by atoms with Gasteiger partial charge in [0, 0.05) is 5.41 Å². The maximum Gasteiger partial charge on any atom is 0.347 e. The van der Waals surface area contributed by atoms with E-state index in [0.29, 0.717) is 11.3 Å². The van der Waals surface area contributed by atoms with Crippen LogP contribution in [0.1, 0.15) is 45.7 Å². The van der Waals surface area contributed by atoms with Gasteiger partial charge in [-0.25, -0.2) is 9.78 Å². The Morgan fingerprint density at radius 1 is 1.37 bits per heavy atom. The molecule has 0 amide bonds. The molecule has 1 N–H and O–H groups in total. The molecule has 0 unspecified atom stereocenters. The lowest BCUT2D eigenvalue weighted by atomic mass is 9.97. The Balaban J connectivity index is 2.06. The van der Waals surface area contributed by atoms with Crippen LogP contribution in [0.2, 0.25) is 0 Å². The third-order valence-electron chi connectivity index (χ3n) is 3.71. The number of carboxylic acid groups (broad SMARTS) is 1. The van der Waals surface area contributed by atoms with E-state index in [1.54, 1.807) is 0 Å². The second-order valence-electron chi connectivity index (χ2n) is 4.90. The maximum atomic E-state index is 11.2. The van der Waals surface area contributed by atoms with Crippen molar-refractivity contribution >= 4 is 17.3 Å². The number of benzene rings is 1. The summed E-state index contributed by atoms with van der Waals surface area (Å²) in [5, 5.41) is 10.2. The van der Waals surface area contributed by atoms with Crippen LogP contribution < -0.4 is 0 Å². The van der Waals surface area contributed by atoms with Gasteiger partial charge in [0.1, 0.15) is 9.88 Å². The van der Waals surface area contributed by atoms with Crippen molar-refractivity contribution < 1.29 is 9.90 Å². The SMILES string of the molecule is CCc1nc(C2(c3ccccc3)CC2)sc1C(=O)O. The van der Waals surface area contributed by atoms with E-state index in [-0.39, 0.29) is 5.41 Å². The third kappa shape index (κ3) is 1.96. The molecule has 1 fully saturated rings. The molecule has 4 heteroatoms. The average molecular weight is 273 g/mol. The van der Waals surface area contributed by atoms with Gasteiger partial charge in [0.25, 0.3) is 0 Å². The van der Waals surface area contributed by atoms with Gasteiger partial charge < -0.3 is 5.11 Å². The summed E-state index contributed by atoms with van der Waals surface area (Å²) in [5.74, 6) is -0.857. The highest BCUT2D eigenvalue weighted by molar-refractivity contribution is 7.14. The summed E-state index contributed by atoms with van der Waals surface area (Å²) >= 11 is 1.35. The predicted molar refractivity (Wildman–Crippen MR) is 74.9 cm³/mol. The van der Waals surface area contributed by atoms with Crippen molar-refractivity contribution in [3.63, 3.8) is 0 Å². The Bertz CT molecular complexity index is 614. The number of thiazole rings is 1. The fraction of sp³-hybridized carbons (Fsp3) is 0.333. The monoisotopic (exact) mass is 273 g/mol. The Morgan fingerprint density at radius 2 is 2.05 bits per heavy atom. The lowest BCUT2D eigenvalue weighted by Gasteiger charge is -2.11. The van der Waals surface area contributed by atoms with E-state index >= 15 is 0 Å². The molecule has 0 saturated heterocycles. The van der Waals surface area contributed by atoms with E-state index < -0.39 is 5.97 Å². The minimum absolute atomic E-state index is 0.0243. The topological polar surface area (TPSA) is 50.2 Å². The summed E-state index contributed by atoms with van der Waals surface area (Å²) in [4.78, 5) is 16.2. The fourth-order valence-electron chi connectivity index (χ4n) is 2.47. The molecule has 1 aromatic carbocycles. The highest BCUT2D eigenvalue weighted by Crippen LogP contribution is 2.54. The zero-order valence-corrected chi connectivity index (χ0v) is 11.5. The Morgan fingerprint density at radius 3 is 2.53 bits per heavy atom. The van der Waals surface area contributed by atoms with Crippen LogP contribution in [-0.4, -0.2) is 16.1 Å².